The van der Waals surface area contributed by atoms with Crippen LogP contribution in [0.15, 0.2) is 206 Å². The quantitative estimate of drug-likeness (QED) is 0.169. The van der Waals surface area contributed by atoms with Crippen LogP contribution in [0.3, 0.4) is 0 Å². The van der Waals surface area contributed by atoms with Crippen molar-refractivity contribution in [2.45, 2.75) is 19.3 Å². The van der Waals surface area contributed by atoms with E-state index in [9.17, 15) is 0 Å². The van der Waals surface area contributed by atoms with E-state index in [1.165, 1.54) is 66.2 Å². The molecule has 1 aromatic heterocycles. The Morgan fingerprint density at radius 3 is 1.63 bits per heavy atom. The second-order valence-electron chi connectivity index (χ2n) is 16.1. The summed E-state index contributed by atoms with van der Waals surface area (Å²) in [5, 5.41) is 4.98. The van der Waals surface area contributed by atoms with Crippen molar-refractivity contribution in [2.75, 3.05) is 0 Å². The van der Waals surface area contributed by atoms with Gasteiger partial charge in [-0.3, -0.25) is 0 Å². The van der Waals surface area contributed by atoms with Gasteiger partial charge in [0.25, 0.3) is 0 Å². The lowest BCUT2D eigenvalue weighted by atomic mass is 9.80. The highest BCUT2D eigenvalue weighted by molar-refractivity contribution is 6.09. The number of rotatable bonds is 6. The minimum Gasteiger partial charge on any atom is -0.228 e. The summed E-state index contributed by atoms with van der Waals surface area (Å²) in [5.74, 6) is 0.706. The van der Waals surface area contributed by atoms with Crippen LogP contribution in [-0.2, 0) is 5.41 Å². The van der Waals surface area contributed by atoms with Crippen molar-refractivity contribution in [1.29, 1.82) is 0 Å². The van der Waals surface area contributed by atoms with E-state index in [0.29, 0.717) is 5.82 Å². The summed E-state index contributed by atoms with van der Waals surface area (Å²) in [4.78, 5) is 10.5. The second kappa shape index (κ2) is 13.9. The average molecular weight is 753 g/mol. The first-order valence-corrected chi connectivity index (χ1v) is 20.4. The predicted molar refractivity (Wildman–Crippen MR) is 247 cm³/mol. The summed E-state index contributed by atoms with van der Waals surface area (Å²) in [6.07, 6.45) is 0. The number of nitrogens with zero attached hydrogens (tertiary/aromatic N) is 2. The van der Waals surface area contributed by atoms with Gasteiger partial charge >= 0.3 is 0 Å². The Balaban J connectivity index is 1.04. The molecule has 2 heteroatoms. The molecule has 0 atom stereocenters. The van der Waals surface area contributed by atoms with E-state index in [-0.39, 0.29) is 5.41 Å². The summed E-state index contributed by atoms with van der Waals surface area (Å²) < 4.78 is 0. The molecular formula is C57H40N2. The van der Waals surface area contributed by atoms with Gasteiger partial charge in [-0.05, 0) is 89.3 Å². The van der Waals surface area contributed by atoms with Crippen LogP contribution < -0.4 is 0 Å². The van der Waals surface area contributed by atoms with Gasteiger partial charge in [0.2, 0.25) is 0 Å². The first kappa shape index (κ1) is 34.8. The lowest BCUT2D eigenvalue weighted by molar-refractivity contribution is 0.666. The van der Waals surface area contributed by atoms with E-state index < -0.39 is 0 Å². The molecule has 59 heavy (non-hydrogen) atoms. The van der Waals surface area contributed by atoms with Crippen LogP contribution in [0.1, 0.15) is 25.0 Å². The Hall–Kier alpha value is -7.42. The second-order valence-corrected chi connectivity index (χ2v) is 16.1. The zero-order valence-corrected chi connectivity index (χ0v) is 33.0. The summed E-state index contributed by atoms with van der Waals surface area (Å²) in [7, 11) is 0. The first-order valence-electron chi connectivity index (χ1n) is 20.4. The zero-order chi connectivity index (χ0) is 39.5. The molecule has 0 spiro atoms. The predicted octanol–water partition coefficient (Wildman–Crippen LogP) is 15.1. The minimum atomic E-state index is -0.132. The highest BCUT2D eigenvalue weighted by Gasteiger charge is 2.38. The number of hydrogen-bond donors (Lipinski definition) is 0. The van der Waals surface area contributed by atoms with Crippen LogP contribution >= 0.6 is 0 Å². The summed E-state index contributed by atoms with van der Waals surface area (Å²) in [6, 6.07) is 74.2. The van der Waals surface area contributed by atoms with Crippen molar-refractivity contribution in [1.82, 2.24) is 9.97 Å². The Bertz CT molecular complexity index is 3220. The van der Waals surface area contributed by atoms with Crippen molar-refractivity contribution in [3.8, 4) is 78.4 Å². The Morgan fingerprint density at radius 1 is 0.339 bits per heavy atom. The summed E-state index contributed by atoms with van der Waals surface area (Å²) >= 11 is 0. The van der Waals surface area contributed by atoms with Crippen molar-refractivity contribution < 1.29 is 0 Å². The van der Waals surface area contributed by atoms with E-state index in [4.69, 9.17) is 9.97 Å². The van der Waals surface area contributed by atoms with Gasteiger partial charge in [0.05, 0.1) is 11.4 Å². The molecule has 11 rings (SSSR count). The fourth-order valence-electron chi connectivity index (χ4n) is 9.42. The van der Waals surface area contributed by atoms with Gasteiger partial charge in [-0.15, -0.1) is 0 Å². The first-order chi connectivity index (χ1) is 29.0. The number of fused-ring (bicyclic) bond motifs is 6. The molecule has 0 saturated carbocycles. The molecule has 1 aliphatic rings. The third-order valence-electron chi connectivity index (χ3n) is 12.3. The van der Waals surface area contributed by atoms with Gasteiger partial charge in [-0.1, -0.05) is 208 Å². The largest absolute Gasteiger partial charge is 0.228 e. The van der Waals surface area contributed by atoms with Crippen molar-refractivity contribution in [2.24, 2.45) is 0 Å². The molecule has 0 fully saturated rings. The molecule has 0 aliphatic heterocycles. The average Bonchev–Trinajstić information content (AvgIpc) is 3.55. The Kier molecular flexibility index (Phi) is 8.20. The number of hydrogen-bond acceptors (Lipinski definition) is 2. The number of aromatic nitrogens is 2. The molecule has 9 aromatic carbocycles. The lowest BCUT2D eigenvalue weighted by Gasteiger charge is -2.23. The van der Waals surface area contributed by atoms with Crippen LogP contribution in [0.2, 0.25) is 0 Å². The van der Waals surface area contributed by atoms with Crippen molar-refractivity contribution >= 4 is 21.5 Å². The summed E-state index contributed by atoms with van der Waals surface area (Å²) in [5.41, 5.74) is 17.5. The van der Waals surface area contributed by atoms with Crippen LogP contribution in [0, 0.1) is 0 Å². The molecular weight excluding hydrogens is 713 g/mol. The smallest absolute Gasteiger partial charge is 0.160 e. The monoisotopic (exact) mass is 752 g/mol. The van der Waals surface area contributed by atoms with Crippen LogP contribution in [-0.4, -0.2) is 9.97 Å². The van der Waals surface area contributed by atoms with Crippen LogP contribution in [0.4, 0.5) is 0 Å². The fourth-order valence-corrected chi connectivity index (χ4v) is 9.42. The van der Waals surface area contributed by atoms with Gasteiger partial charge in [0.1, 0.15) is 0 Å². The number of benzene rings is 9. The topological polar surface area (TPSA) is 25.8 Å². The van der Waals surface area contributed by atoms with E-state index in [2.05, 4.69) is 202 Å². The van der Waals surface area contributed by atoms with Gasteiger partial charge in [-0.2, -0.15) is 0 Å². The fraction of sp³-hybridized carbons (Fsp3) is 0.0526. The molecule has 0 unspecified atom stereocenters. The molecule has 278 valence electrons. The molecule has 10 aromatic rings. The lowest BCUT2D eigenvalue weighted by Crippen LogP contribution is -2.15. The van der Waals surface area contributed by atoms with Crippen molar-refractivity contribution in [3.05, 3.63) is 217 Å². The molecule has 2 nitrogen and oxygen atoms in total. The standard InChI is InChI=1S/C57H40N2/c1-57(2)51-26-14-25-49(54(51)50-32-31-39-17-9-10-22-44(39)55(50)57)47-33-34-48(46-24-12-11-23-45(46)47)53-36-52(58-56(59-53)41-18-7-4-8-19-41)40-29-27-38(28-30-40)43-21-13-20-42(35-43)37-15-5-3-6-16-37/h3-36H,1-2H3. The normalized spacial score (nSPS) is 12.7. The maximum absolute atomic E-state index is 5.28. The highest BCUT2D eigenvalue weighted by atomic mass is 14.9. The maximum atomic E-state index is 5.28. The van der Waals surface area contributed by atoms with Crippen LogP contribution in [0.25, 0.3) is 100.0 Å². The highest BCUT2D eigenvalue weighted by Crippen LogP contribution is 2.55. The van der Waals surface area contributed by atoms with E-state index in [1.807, 2.05) is 18.2 Å². The third-order valence-corrected chi connectivity index (χ3v) is 12.3. The summed E-state index contributed by atoms with van der Waals surface area (Å²) in [6.45, 7) is 4.76. The van der Waals surface area contributed by atoms with Gasteiger partial charge in [0, 0.05) is 22.1 Å². The van der Waals surface area contributed by atoms with Crippen LogP contribution in [0.5, 0.6) is 0 Å². The van der Waals surface area contributed by atoms with Crippen molar-refractivity contribution in [3.63, 3.8) is 0 Å². The third kappa shape index (κ3) is 5.87. The van der Waals surface area contributed by atoms with E-state index in [0.717, 1.165) is 39.0 Å². The minimum absolute atomic E-state index is 0.132. The molecule has 0 bridgehead atoms. The molecule has 0 saturated heterocycles. The van der Waals surface area contributed by atoms with Gasteiger partial charge < -0.3 is 0 Å². The Morgan fingerprint density at radius 2 is 0.881 bits per heavy atom. The SMILES string of the molecule is CC1(C)c2cccc(-c3ccc(-c4cc(-c5ccc(-c6cccc(-c7ccccc7)c6)cc5)nc(-c5ccccc5)n4)c4ccccc34)c2-c2ccc3ccccc3c21. The maximum Gasteiger partial charge on any atom is 0.160 e. The molecule has 0 radical (unpaired) electrons. The molecule has 1 heterocycles. The molecule has 1 aliphatic carbocycles. The van der Waals surface area contributed by atoms with Gasteiger partial charge in [-0.25, -0.2) is 9.97 Å². The molecule has 0 amide bonds. The zero-order valence-electron chi connectivity index (χ0n) is 33.0. The van der Waals surface area contributed by atoms with E-state index in [1.54, 1.807) is 0 Å². The van der Waals surface area contributed by atoms with E-state index >= 15 is 0 Å². The van der Waals surface area contributed by atoms with Gasteiger partial charge in [0.15, 0.2) is 5.82 Å². The molecule has 0 N–H and O–H groups in total. The Labute approximate surface area is 345 Å².